The Labute approximate surface area is 146 Å². The van der Waals surface area contributed by atoms with E-state index in [1.54, 1.807) is 29.3 Å². The predicted molar refractivity (Wildman–Crippen MR) is 93.9 cm³/mol. The van der Waals surface area contributed by atoms with Gasteiger partial charge in [0.15, 0.2) is 0 Å². The fourth-order valence-electron chi connectivity index (χ4n) is 2.30. The molecule has 0 radical (unpaired) electrons. The van der Waals surface area contributed by atoms with Crippen LogP contribution >= 0.6 is 0 Å². The van der Waals surface area contributed by atoms with Crippen LogP contribution in [-0.2, 0) is 6.42 Å². The van der Waals surface area contributed by atoms with Gasteiger partial charge in [-0.1, -0.05) is 12.1 Å². The van der Waals surface area contributed by atoms with Gasteiger partial charge in [0, 0.05) is 30.1 Å². The van der Waals surface area contributed by atoms with E-state index in [2.05, 4.69) is 25.7 Å². The van der Waals surface area contributed by atoms with Gasteiger partial charge in [-0.25, -0.2) is 0 Å². The average Bonchev–Trinajstić information content (AvgIpc) is 3.13. The van der Waals surface area contributed by atoms with Crippen LogP contribution < -0.4 is 5.32 Å². The second-order valence-corrected chi connectivity index (χ2v) is 5.97. The molecule has 3 rings (SSSR count). The summed E-state index contributed by atoms with van der Waals surface area (Å²) >= 11 is 0. The van der Waals surface area contributed by atoms with Crippen molar-refractivity contribution in [1.82, 2.24) is 30.5 Å². The van der Waals surface area contributed by atoms with Gasteiger partial charge >= 0.3 is 0 Å². The van der Waals surface area contributed by atoms with Gasteiger partial charge in [-0.15, -0.1) is 10.2 Å². The molecule has 1 amide bonds. The Balaban J connectivity index is 1.58. The maximum Gasteiger partial charge on any atom is 0.251 e. The van der Waals surface area contributed by atoms with Crippen molar-refractivity contribution in [3.8, 4) is 11.4 Å². The first kappa shape index (κ1) is 16.8. The molecule has 25 heavy (non-hydrogen) atoms. The highest BCUT2D eigenvalue weighted by atomic mass is 16.1. The highest BCUT2D eigenvalue weighted by Gasteiger charge is 2.10. The highest BCUT2D eigenvalue weighted by Crippen LogP contribution is 2.15. The standard InChI is InChI=1S/C18H20N6O/c1-13(2)24-22-17(21-23-24)15-3-5-16(6-4-15)18(25)20-12-9-14-7-10-19-11-8-14/h3-8,10-11,13H,9,12H2,1-2H3,(H,20,25). The number of tetrazole rings is 1. The van der Waals surface area contributed by atoms with Crippen molar-refractivity contribution in [2.75, 3.05) is 6.54 Å². The molecule has 0 aliphatic rings. The molecule has 7 nitrogen and oxygen atoms in total. The van der Waals surface area contributed by atoms with Gasteiger partial charge < -0.3 is 5.32 Å². The van der Waals surface area contributed by atoms with E-state index < -0.39 is 0 Å². The fourth-order valence-corrected chi connectivity index (χ4v) is 2.30. The number of benzene rings is 1. The molecule has 1 aromatic carbocycles. The number of hydrogen-bond donors (Lipinski definition) is 1. The third-order valence-electron chi connectivity index (χ3n) is 3.74. The van der Waals surface area contributed by atoms with Crippen LogP contribution in [0.2, 0.25) is 0 Å². The van der Waals surface area contributed by atoms with E-state index in [9.17, 15) is 4.79 Å². The molecule has 0 bridgehead atoms. The molecule has 7 heteroatoms. The number of nitrogens with one attached hydrogen (secondary N) is 1. The van der Waals surface area contributed by atoms with E-state index >= 15 is 0 Å². The van der Waals surface area contributed by atoms with Crippen molar-refractivity contribution < 1.29 is 4.79 Å². The smallest absolute Gasteiger partial charge is 0.251 e. The molecular weight excluding hydrogens is 316 g/mol. The summed E-state index contributed by atoms with van der Waals surface area (Å²) in [6, 6.07) is 11.3. The van der Waals surface area contributed by atoms with E-state index in [1.165, 1.54) is 0 Å². The van der Waals surface area contributed by atoms with Crippen molar-refractivity contribution in [2.45, 2.75) is 26.3 Å². The minimum Gasteiger partial charge on any atom is -0.352 e. The van der Waals surface area contributed by atoms with Gasteiger partial charge in [-0.2, -0.15) is 4.80 Å². The van der Waals surface area contributed by atoms with Crippen LogP contribution in [0.15, 0.2) is 48.8 Å². The van der Waals surface area contributed by atoms with E-state index in [1.807, 2.05) is 38.1 Å². The van der Waals surface area contributed by atoms with Crippen LogP contribution in [0.4, 0.5) is 0 Å². The van der Waals surface area contributed by atoms with Crippen molar-refractivity contribution in [3.63, 3.8) is 0 Å². The third-order valence-corrected chi connectivity index (χ3v) is 3.74. The van der Waals surface area contributed by atoms with Crippen LogP contribution in [0.5, 0.6) is 0 Å². The topological polar surface area (TPSA) is 85.6 Å². The lowest BCUT2D eigenvalue weighted by Crippen LogP contribution is -2.25. The van der Waals surface area contributed by atoms with Crippen LogP contribution in [0.25, 0.3) is 11.4 Å². The molecule has 0 aliphatic heterocycles. The first-order chi connectivity index (χ1) is 12.1. The zero-order valence-corrected chi connectivity index (χ0v) is 14.3. The van der Waals surface area contributed by atoms with Crippen molar-refractivity contribution in [2.24, 2.45) is 0 Å². The van der Waals surface area contributed by atoms with E-state index in [-0.39, 0.29) is 11.9 Å². The third kappa shape index (κ3) is 4.26. The molecule has 0 unspecified atom stereocenters. The Morgan fingerprint density at radius 1 is 1.12 bits per heavy atom. The lowest BCUT2D eigenvalue weighted by molar-refractivity contribution is 0.0954. The molecule has 1 N–H and O–H groups in total. The molecule has 2 heterocycles. The SMILES string of the molecule is CC(C)n1nnc(-c2ccc(C(=O)NCCc3ccncc3)cc2)n1. The van der Waals surface area contributed by atoms with E-state index in [0.717, 1.165) is 17.5 Å². The Bertz CT molecular complexity index is 826. The number of pyridine rings is 1. The lowest BCUT2D eigenvalue weighted by Gasteiger charge is -2.06. The predicted octanol–water partition coefficient (Wildman–Crippen LogP) is 2.29. The van der Waals surface area contributed by atoms with E-state index in [4.69, 9.17) is 0 Å². The molecule has 0 saturated carbocycles. The molecule has 128 valence electrons. The first-order valence-electron chi connectivity index (χ1n) is 8.20. The molecular formula is C18H20N6O. The number of carbonyl (C=O) groups is 1. The van der Waals surface area contributed by atoms with Gasteiger partial charge in [0.1, 0.15) is 0 Å². The van der Waals surface area contributed by atoms with Gasteiger partial charge in [-0.3, -0.25) is 9.78 Å². The number of amides is 1. The lowest BCUT2D eigenvalue weighted by atomic mass is 10.1. The number of carbonyl (C=O) groups excluding carboxylic acids is 1. The average molecular weight is 336 g/mol. The van der Waals surface area contributed by atoms with Crippen molar-refractivity contribution in [1.29, 1.82) is 0 Å². The summed E-state index contributed by atoms with van der Waals surface area (Å²) < 4.78 is 0. The number of aromatic nitrogens is 5. The Morgan fingerprint density at radius 3 is 2.48 bits per heavy atom. The summed E-state index contributed by atoms with van der Waals surface area (Å²) in [6.45, 7) is 4.56. The van der Waals surface area contributed by atoms with Crippen LogP contribution in [0.1, 0.15) is 35.8 Å². The molecule has 0 fully saturated rings. The van der Waals surface area contributed by atoms with Crippen molar-refractivity contribution in [3.05, 3.63) is 59.9 Å². The Kier molecular flexibility index (Phi) is 5.13. The quantitative estimate of drug-likeness (QED) is 0.746. The zero-order valence-electron chi connectivity index (χ0n) is 14.3. The van der Waals surface area contributed by atoms with E-state index in [0.29, 0.717) is 17.9 Å². The molecule has 0 atom stereocenters. The minimum atomic E-state index is -0.0978. The Hall–Kier alpha value is -3.09. The normalized spacial score (nSPS) is 10.8. The summed E-state index contributed by atoms with van der Waals surface area (Å²) in [5.41, 5.74) is 2.58. The monoisotopic (exact) mass is 336 g/mol. The summed E-state index contributed by atoms with van der Waals surface area (Å²) in [5, 5.41) is 15.3. The molecule has 3 aromatic rings. The minimum absolute atomic E-state index is 0.0978. The largest absolute Gasteiger partial charge is 0.352 e. The van der Waals surface area contributed by atoms with Crippen LogP contribution in [-0.4, -0.2) is 37.6 Å². The first-order valence-corrected chi connectivity index (χ1v) is 8.20. The van der Waals surface area contributed by atoms with Crippen LogP contribution in [0.3, 0.4) is 0 Å². The molecule has 0 saturated heterocycles. The highest BCUT2D eigenvalue weighted by molar-refractivity contribution is 5.94. The van der Waals surface area contributed by atoms with Crippen molar-refractivity contribution >= 4 is 5.91 Å². The summed E-state index contributed by atoms with van der Waals surface area (Å²) in [6.07, 6.45) is 4.27. The number of nitrogens with zero attached hydrogens (tertiary/aromatic N) is 5. The van der Waals surface area contributed by atoms with Gasteiger partial charge in [-0.05, 0) is 55.3 Å². The fraction of sp³-hybridized carbons (Fsp3) is 0.278. The summed E-state index contributed by atoms with van der Waals surface area (Å²) in [7, 11) is 0. The maximum atomic E-state index is 12.2. The Morgan fingerprint density at radius 2 is 1.84 bits per heavy atom. The summed E-state index contributed by atoms with van der Waals surface area (Å²) in [5.74, 6) is 0.456. The summed E-state index contributed by atoms with van der Waals surface area (Å²) in [4.78, 5) is 17.7. The number of hydrogen-bond acceptors (Lipinski definition) is 5. The second-order valence-electron chi connectivity index (χ2n) is 5.97. The van der Waals surface area contributed by atoms with Gasteiger partial charge in [0.25, 0.3) is 5.91 Å². The second kappa shape index (κ2) is 7.65. The number of rotatable bonds is 6. The molecule has 0 spiro atoms. The van der Waals surface area contributed by atoms with Crippen LogP contribution in [0, 0.1) is 0 Å². The maximum absolute atomic E-state index is 12.2. The zero-order chi connectivity index (χ0) is 17.6. The van der Waals surface area contributed by atoms with Gasteiger partial charge in [0.2, 0.25) is 5.82 Å². The molecule has 0 aliphatic carbocycles. The molecule has 2 aromatic heterocycles. The van der Waals surface area contributed by atoms with Gasteiger partial charge in [0.05, 0.1) is 6.04 Å².